The number of carbonyl (C=O) groups is 1. The zero-order valence-corrected chi connectivity index (χ0v) is 12.5. The Kier molecular flexibility index (Phi) is 4.52. The summed E-state index contributed by atoms with van der Waals surface area (Å²) in [4.78, 5) is 14.4. The molecule has 3 rings (SSSR count). The maximum absolute atomic E-state index is 13.4. The van der Waals surface area contributed by atoms with Gasteiger partial charge in [0.15, 0.2) is 0 Å². The molecule has 1 atom stereocenters. The quantitative estimate of drug-likeness (QED) is 0.831. The molecule has 1 heterocycles. The van der Waals surface area contributed by atoms with Crippen LogP contribution in [0, 0.1) is 5.82 Å². The Labute approximate surface area is 130 Å². The highest BCUT2D eigenvalue weighted by Crippen LogP contribution is 2.32. The summed E-state index contributed by atoms with van der Waals surface area (Å²) in [7, 11) is 0. The van der Waals surface area contributed by atoms with Crippen LogP contribution >= 0.6 is 0 Å². The fraction of sp³-hybridized carbons (Fsp3) is 0.316. The standard InChI is InChI=1S/C19H20FNO/c20-17-9-4-8-16(14-17)18-10-5-13-21(18)19(22)12-11-15-6-2-1-3-7-15/h1-4,6-9,14,18H,5,10-13H2. The van der Waals surface area contributed by atoms with Crippen LogP contribution in [0.3, 0.4) is 0 Å². The van der Waals surface area contributed by atoms with E-state index in [1.54, 1.807) is 12.1 Å². The molecule has 1 fully saturated rings. The summed E-state index contributed by atoms with van der Waals surface area (Å²) in [6, 6.07) is 16.7. The van der Waals surface area contributed by atoms with Gasteiger partial charge < -0.3 is 4.90 Å². The van der Waals surface area contributed by atoms with Gasteiger partial charge in [-0.1, -0.05) is 42.5 Å². The van der Waals surface area contributed by atoms with Crippen molar-refractivity contribution in [1.29, 1.82) is 0 Å². The molecule has 0 aliphatic carbocycles. The summed E-state index contributed by atoms with van der Waals surface area (Å²) in [6.45, 7) is 0.773. The van der Waals surface area contributed by atoms with Crippen LogP contribution in [-0.4, -0.2) is 17.4 Å². The van der Waals surface area contributed by atoms with Crippen molar-refractivity contribution in [3.8, 4) is 0 Å². The zero-order valence-electron chi connectivity index (χ0n) is 12.5. The fourth-order valence-corrected chi connectivity index (χ4v) is 3.17. The van der Waals surface area contributed by atoms with Gasteiger partial charge in [-0.2, -0.15) is 0 Å². The van der Waals surface area contributed by atoms with Gasteiger partial charge in [-0.05, 0) is 42.5 Å². The largest absolute Gasteiger partial charge is 0.336 e. The number of likely N-dealkylation sites (tertiary alicyclic amines) is 1. The maximum Gasteiger partial charge on any atom is 0.223 e. The minimum absolute atomic E-state index is 0.0268. The Morgan fingerprint density at radius 2 is 1.95 bits per heavy atom. The number of amides is 1. The van der Waals surface area contributed by atoms with E-state index in [-0.39, 0.29) is 17.8 Å². The second kappa shape index (κ2) is 6.73. The lowest BCUT2D eigenvalue weighted by Crippen LogP contribution is -2.30. The highest BCUT2D eigenvalue weighted by atomic mass is 19.1. The van der Waals surface area contributed by atoms with Crippen molar-refractivity contribution in [2.45, 2.75) is 31.7 Å². The molecule has 3 heteroatoms. The average Bonchev–Trinajstić information content (AvgIpc) is 3.03. The molecule has 114 valence electrons. The minimum atomic E-state index is -0.235. The molecular formula is C19H20FNO. The molecule has 1 saturated heterocycles. The lowest BCUT2D eigenvalue weighted by atomic mass is 10.0. The molecule has 0 aromatic heterocycles. The molecular weight excluding hydrogens is 277 g/mol. The van der Waals surface area contributed by atoms with Crippen molar-refractivity contribution in [2.24, 2.45) is 0 Å². The van der Waals surface area contributed by atoms with Crippen LogP contribution < -0.4 is 0 Å². The summed E-state index contributed by atoms with van der Waals surface area (Å²) >= 11 is 0. The van der Waals surface area contributed by atoms with Gasteiger partial charge >= 0.3 is 0 Å². The number of benzene rings is 2. The van der Waals surface area contributed by atoms with Crippen LogP contribution in [0.25, 0.3) is 0 Å². The first-order valence-corrected chi connectivity index (χ1v) is 7.83. The van der Waals surface area contributed by atoms with Gasteiger partial charge in [0.1, 0.15) is 5.82 Å². The first-order chi connectivity index (χ1) is 10.7. The fourth-order valence-electron chi connectivity index (χ4n) is 3.17. The normalized spacial score (nSPS) is 17.7. The molecule has 1 amide bonds. The van der Waals surface area contributed by atoms with Gasteiger partial charge in [0.05, 0.1) is 6.04 Å². The molecule has 0 saturated carbocycles. The van der Waals surface area contributed by atoms with Crippen LogP contribution in [0.4, 0.5) is 4.39 Å². The summed E-state index contributed by atoms with van der Waals surface area (Å²) in [5, 5.41) is 0. The van der Waals surface area contributed by atoms with Crippen LogP contribution in [0.2, 0.25) is 0 Å². The van der Waals surface area contributed by atoms with Crippen molar-refractivity contribution < 1.29 is 9.18 Å². The third-order valence-corrected chi connectivity index (χ3v) is 4.28. The number of hydrogen-bond donors (Lipinski definition) is 0. The van der Waals surface area contributed by atoms with Gasteiger partial charge in [0.2, 0.25) is 5.91 Å². The summed E-state index contributed by atoms with van der Waals surface area (Å²) in [5.41, 5.74) is 2.09. The van der Waals surface area contributed by atoms with E-state index < -0.39 is 0 Å². The Hall–Kier alpha value is -2.16. The van der Waals surface area contributed by atoms with Gasteiger partial charge in [-0.25, -0.2) is 4.39 Å². The Bertz CT molecular complexity index is 641. The Morgan fingerprint density at radius 1 is 1.14 bits per heavy atom. The number of halogens is 1. The third-order valence-electron chi connectivity index (χ3n) is 4.28. The van der Waals surface area contributed by atoms with E-state index in [0.717, 1.165) is 31.4 Å². The third kappa shape index (κ3) is 3.35. The molecule has 0 radical (unpaired) electrons. The van der Waals surface area contributed by atoms with Gasteiger partial charge in [0.25, 0.3) is 0 Å². The highest BCUT2D eigenvalue weighted by Gasteiger charge is 2.29. The average molecular weight is 297 g/mol. The van der Waals surface area contributed by atoms with Crippen molar-refractivity contribution in [2.75, 3.05) is 6.54 Å². The van der Waals surface area contributed by atoms with Crippen LogP contribution in [0.5, 0.6) is 0 Å². The van der Waals surface area contributed by atoms with E-state index in [9.17, 15) is 9.18 Å². The van der Waals surface area contributed by atoms with E-state index in [4.69, 9.17) is 0 Å². The molecule has 1 unspecified atom stereocenters. The predicted molar refractivity (Wildman–Crippen MR) is 84.9 cm³/mol. The molecule has 22 heavy (non-hydrogen) atoms. The van der Waals surface area contributed by atoms with Gasteiger partial charge in [-0.3, -0.25) is 4.79 Å². The van der Waals surface area contributed by atoms with E-state index in [1.807, 2.05) is 41.3 Å². The van der Waals surface area contributed by atoms with Crippen LogP contribution in [0.15, 0.2) is 54.6 Å². The van der Waals surface area contributed by atoms with E-state index in [0.29, 0.717) is 6.42 Å². The van der Waals surface area contributed by atoms with Crippen LogP contribution in [0.1, 0.15) is 36.4 Å². The number of aryl methyl sites for hydroxylation is 1. The molecule has 0 spiro atoms. The van der Waals surface area contributed by atoms with E-state index in [1.165, 1.54) is 11.6 Å². The Balaban J connectivity index is 1.66. The second-order valence-corrected chi connectivity index (χ2v) is 5.79. The van der Waals surface area contributed by atoms with Crippen molar-refractivity contribution >= 4 is 5.91 Å². The van der Waals surface area contributed by atoms with Crippen molar-refractivity contribution in [3.05, 3.63) is 71.5 Å². The molecule has 2 nitrogen and oxygen atoms in total. The number of nitrogens with zero attached hydrogens (tertiary/aromatic N) is 1. The monoisotopic (exact) mass is 297 g/mol. The molecule has 1 aliphatic rings. The lowest BCUT2D eigenvalue weighted by molar-refractivity contribution is -0.132. The molecule has 2 aromatic carbocycles. The predicted octanol–water partition coefficient (Wildman–Crippen LogP) is 4.12. The number of rotatable bonds is 4. The number of hydrogen-bond acceptors (Lipinski definition) is 1. The minimum Gasteiger partial charge on any atom is -0.336 e. The second-order valence-electron chi connectivity index (χ2n) is 5.79. The number of carbonyl (C=O) groups excluding carboxylic acids is 1. The van der Waals surface area contributed by atoms with Crippen molar-refractivity contribution in [3.63, 3.8) is 0 Å². The zero-order chi connectivity index (χ0) is 15.4. The van der Waals surface area contributed by atoms with Gasteiger partial charge in [0, 0.05) is 13.0 Å². The molecule has 0 N–H and O–H groups in total. The Morgan fingerprint density at radius 3 is 2.73 bits per heavy atom. The summed E-state index contributed by atoms with van der Waals surface area (Å²) in [5.74, 6) is -0.0725. The lowest BCUT2D eigenvalue weighted by Gasteiger charge is -2.25. The van der Waals surface area contributed by atoms with Gasteiger partial charge in [-0.15, -0.1) is 0 Å². The van der Waals surface area contributed by atoms with Crippen LogP contribution in [-0.2, 0) is 11.2 Å². The molecule has 2 aromatic rings. The first-order valence-electron chi connectivity index (χ1n) is 7.83. The maximum atomic E-state index is 13.4. The summed E-state index contributed by atoms with van der Waals surface area (Å²) < 4.78 is 13.4. The first kappa shape index (κ1) is 14.8. The summed E-state index contributed by atoms with van der Waals surface area (Å²) in [6.07, 6.45) is 3.17. The van der Waals surface area contributed by atoms with E-state index in [2.05, 4.69) is 0 Å². The van der Waals surface area contributed by atoms with Crippen molar-refractivity contribution in [1.82, 2.24) is 4.90 Å². The van der Waals surface area contributed by atoms with E-state index >= 15 is 0 Å². The SMILES string of the molecule is O=C(CCc1ccccc1)N1CCCC1c1cccc(F)c1. The molecule has 0 bridgehead atoms. The topological polar surface area (TPSA) is 20.3 Å². The smallest absolute Gasteiger partial charge is 0.223 e. The highest BCUT2D eigenvalue weighted by molar-refractivity contribution is 5.77. The molecule has 1 aliphatic heterocycles.